The van der Waals surface area contributed by atoms with Gasteiger partial charge in [0, 0.05) is 32.2 Å². The normalized spacial score (nSPS) is 18.7. The van der Waals surface area contributed by atoms with E-state index in [2.05, 4.69) is 10.4 Å². The number of benzene rings is 1. The zero-order chi connectivity index (χ0) is 19.5. The number of hydrogen-bond acceptors (Lipinski definition) is 4. The third-order valence-corrected chi connectivity index (χ3v) is 5.55. The van der Waals surface area contributed by atoms with Crippen LogP contribution in [0.5, 0.6) is 0 Å². The largest absolute Gasteiger partial charge is 0.367 e. The molecular weight excluding hydrogens is 356 g/mol. The predicted octanol–water partition coefficient (Wildman–Crippen LogP) is 2.78. The van der Waals surface area contributed by atoms with Crippen molar-refractivity contribution in [3.05, 3.63) is 48.2 Å². The lowest BCUT2D eigenvalue weighted by Crippen LogP contribution is -2.40. The second-order valence-electron chi connectivity index (χ2n) is 7.51. The van der Waals surface area contributed by atoms with Crippen molar-refractivity contribution in [3.8, 4) is 0 Å². The minimum atomic E-state index is -0.678. The van der Waals surface area contributed by atoms with Crippen LogP contribution in [-0.4, -0.2) is 46.7 Å². The monoisotopic (exact) mass is 382 g/mol. The van der Waals surface area contributed by atoms with Gasteiger partial charge in [0.25, 0.3) is 5.91 Å². The van der Waals surface area contributed by atoms with Crippen molar-refractivity contribution >= 4 is 17.6 Å². The van der Waals surface area contributed by atoms with E-state index in [1.165, 1.54) is 7.11 Å². The number of nitrogens with one attached hydrogen (secondary N) is 1. The Morgan fingerprint density at radius 1 is 1.11 bits per heavy atom. The topological polar surface area (TPSA) is 76.5 Å². The summed E-state index contributed by atoms with van der Waals surface area (Å²) in [5.41, 5.74) is 0.806. The van der Waals surface area contributed by atoms with Crippen LogP contribution < -0.4 is 5.32 Å². The molecule has 4 rings (SSSR count). The predicted molar refractivity (Wildman–Crippen MR) is 105 cm³/mol. The number of carbonyl (C=O) groups excluding carboxylic acids is 2. The summed E-state index contributed by atoms with van der Waals surface area (Å²) in [5.74, 6) is 1.00. The number of likely N-dealkylation sites (tertiary alicyclic amines) is 1. The quantitative estimate of drug-likeness (QED) is 0.833. The van der Waals surface area contributed by atoms with Crippen molar-refractivity contribution in [2.75, 3.05) is 25.5 Å². The Morgan fingerprint density at radius 3 is 2.46 bits per heavy atom. The van der Waals surface area contributed by atoms with Gasteiger partial charge in [0.15, 0.2) is 6.10 Å². The van der Waals surface area contributed by atoms with Gasteiger partial charge in [-0.3, -0.25) is 9.59 Å². The first-order chi connectivity index (χ1) is 13.7. The summed E-state index contributed by atoms with van der Waals surface area (Å²) in [6.07, 6.45) is 4.78. The SMILES string of the molecule is CO[C@H](C(=O)Nc1ccnn1C1CCN(C(=O)C2CC2)CC1)c1ccccc1. The van der Waals surface area contributed by atoms with Gasteiger partial charge >= 0.3 is 0 Å². The van der Waals surface area contributed by atoms with Crippen LogP contribution in [0.1, 0.15) is 43.4 Å². The van der Waals surface area contributed by atoms with Crippen LogP contribution in [0.15, 0.2) is 42.6 Å². The van der Waals surface area contributed by atoms with Gasteiger partial charge in [-0.25, -0.2) is 4.68 Å². The minimum absolute atomic E-state index is 0.172. The molecule has 0 radical (unpaired) electrons. The van der Waals surface area contributed by atoms with Crippen LogP contribution in [0.4, 0.5) is 5.82 Å². The van der Waals surface area contributed by atoms with Crippen molar-refractivity contribution in [1.29, 1.82) is 0 Å². The maximum Gasteiger partial charge on any atom is 0.259 e. The third-order valence-electron chi connectivity index (χ3n) is 5.55. The Hall–Kier alpha value is -2.67. The van der Waals surface area contributed by atoms with Crippen molar-refractivity contribution in [3.63, 3.8) is 0 Å². The highest BCUT2D eigenvalue weighted by atomic mass is 16.5. The van der Waals surface area contributed by atoms with Gasteiger partial charge in [-0.1, -0.05) is 30.3 Å². The summed E-state index contributed by atoms with van der Waals surface area (Å²) in [7, 11) is 1.53. The molecule has 1 saturated carbocycles. The smallest absolute Gasteiger partial charge is 0.259 e. The highest BCUT2D eigenvalue weighted by Gasteiger charge is 2.35. The summed E-state index contributed by atoms with van der Waals surface area (Å²) in [4.78, 5) is 27.0. The summed E-state index contributed by atoms with van der Waals surface area (Å²) < 4.78 is 7.28. The molecular formula is C21H26N4O3. The van der Waals surface area contributed by atoms with E-state index in [1.54, 1.807) is 12.3 Å². The standard InChI is InChI=1S/C21H26N4O3/c1-28-19(15-5-3-2-4-6-15)20(26)23-18-9-12-22-25(18)17-10-13-24(14-11-17)21(27)16-7-8-16/h2-6,9,12,16-17,19H,7-8,10-11,13-14H2,1H3,(H,23,26)/t19-/m0/s1. The first kappa shape index (κ1) is 18.7. The molecule has 1 aromatic heterocycles. The number of carbonyl (C=O) groups is 2. The Kier molecular flexibility index (Phi) is 5.43. The summed E-state index contributed by atoms with van der Waals surface area (Å²) in [6, 6.07) is 11.4. The Bertz CT molecular complexity index is 823. The molecule has 7 heteroatoms. The second-order valence-corrected chi connectivity index (χ2v) is 7.51. The molecule has 2 aromatic rings. The molecule has 0 unspecified atom stereocenters. The maximum absolute atomic E-state index is 12.8. The fourth-order valence-corrected chi connectivity index (χ4v) is 3.84. The molecule has 28 heavy (non-hydrogen) atoms. The first-order valence-corrected chi connectivity index (χ1v) is 9.88. The molecule has 1 aromatic carbocycles. The third kappa shape index (κ3) is 3.94. The molecule has 1 aliphatic carbocycles. The van der Waals surface area contributed by atoms with Crippen molar-refractivity contribution < 1.29 is 14.3 Å². The van der Waals surface area contributed by atoms with Crippen molar-refractivity contribution in [1.82, 2.24) is 14.7 Å². The first-order valence-electron chi connectivity index (χ1n) is 9.88. The number of rotatable bonds is 6. The van der Waals surface area contributed by atoms with Gasteiger partial charge in [-0.05, 0) is 31.2 Å². The van der Waals surface area contributed by atoms with Crippen LogP contribution >= 0.6 is 0 Å². The minimum Gasteiger partial charge on any atom is -0.367 e. The van der Waals surface area contributed by atoms with Crippen LogP contribution in [-0.2, 0) is 14.3 Å². The molecule has 0 bridgehead atoms. The Balaban J connectivity index is 1.40. The highest BCUT2D eigenvalue weighted by Crippen LogP contribution is 2.33. The van der Waals surface area contributed by atoms with Crippen molar-refractivity contribution in [2.45, 2.75) is 37.8 Å². The molecule has 2 heterocycles. The Labute approximate surface area is 164 Å². The van der Waals surface area contributed by atoms with Gasteiger partial charge in [0.2, 0.25) is 5.91 Å². The molecule has 2 amide bonds. The average molecular weight is 382 g/mol. The molecule has 1 atom stereocenters. The summed E-state index contributed by atoms with van der Waals surface area (Å²) >= 11 is 0. The van der Waals surface area contributed by atoms with Crippen LogP contribution in [0, 0.1) is 5.92 Å². The molecule has 1 saturated heterocycles. The molecule has 0 spiro atoms. The highest BCUT2D eigenvalue weighted by molar-refractivity contribution is 5.94. The zero-order valence-electron chi connectivity index (χ0n) is 16.1. The van der Waals surface area contributed by atoms with Gasteiger partial charge in [0.1, 0.15) is 5.82 Å². The Morgan fingerprint density at radius 2 is 1.82 bits per heavy atom. The number of anilines is 1. The summed E-state index contributed by atoms with van der Waals surface area (Å²) in [5, 5.41) is 7.38. The summed E-state index contributed by atoms with van der Waals surface area (Å²) in [6.45, 7) is 1.50. The average Bonchev–Trinajstić information content (AvgIpc) is 3.48. The fraction of sp³-hybridized carbons (Fsp3) is 0.476. The van der Waals surface area contributed by atoms with Crippen LogP contribution in [0.2, 0.25) is 0 Å². The van der Waals surface area contributed by atoms with E-state index in [0.717, 1.165) is 44.3 Å². The molecule has 2 fully saturated rings. The zero-order valence-corrected chi connectivity index (χ0v) is 16.1. The number of amides is 2. The van der Waals surface area contributed by atoms with E-state index in [9.17, 15) is 9.59 Å². The van der Waals surface area contributed by atoms with E-state index >= 15 is 0 Å². The fourth-order valence-electron chi connectivity index (χ4n) is 3.84. The van der Waals surface area contributed by atoms with E-state index in [4.69, 9.17) is 4.74 Å². The molecule has 148 valence electrons. The number of piperidine rings is 1. The van der Waals surface area contributed by atoms with Crippen molar-refractivity contribution in [2.24, 2.45) is 5.92 Å². The number of hydrogen-bond donors (Lipinski definition) is 1. The number of ether oxygens (including phenoxy) is 1. The van der Waals surface area contributed by atoms with Crippen LogP contribution in [0.25, 0.3) is 0 Å². The number of aromatic nitrogens is 2. The van der Waals surface area contributed by atoms with Crippen LogP contribution in [0.3, 0.4) is 0 Å². The van der Waals surface area contributed by atoms with Gasteiger partial charge in [-0.15, -0.1) is 0 Å². The van der Waals surface area contributed by atoms with Gasteiger partial charge < -0.3 is 15.0 Å². The van der Waals surface area contributed by atoms with Gasteiger partial charge in [-0.2, -0.15) is 5.10 Å². The molecule has 2 aliphatic rings. The molecule has 1 N–H and O–H groups in total. The van der Waals surface area contributed by atoms with E-state index in [-0.39, 0.29) is 17.9 Å². The maximum atomic E-state index is 12.8. The molecule has 7 nitrogen and oxygen atoms in total. The number of methoxy groups -OCH3 is 1. The molecule has 1 aliphatic heterocycles. The number of nitrogens with zero attached hydrogens (tertiary/aromatic N) is 3. The van der Waals surface area contributed by atoms with Gasteiger partial charge in [0.05, 0.1) is 12.2 Å². The van der Waals surface area contributed by atoms with E-state index in [1.807, 2.05) is 39.9 Å². The van der Waals surface area contributed by atoms with E-state index in [0.29, 0.717) is 11.7 Å². The lowest BCUT2D eigenvalue weighted by atomic mass is 10.0. The lowest BCUT2D eigenvalue weighted by molar-refractivity contribution is -0.133. The second kappa shape index (κ2) is 8.14. The lowest BCUT2D eigenvalue weighted by Gasteiger charge is -2.33. The van der Waals surface area contributed by atoms with E-state index < -0.39 is 6.10 Å².